The number of likely N-dealkylation sites (N-methyl/N-ethyl adjacent to an activating group) is 1. The highest BCUT2D eigenvalue weighted by molar-refractivity contribution is 5.87. The molecule has 0 spiro atoms. The zero-order chi connectivity index (χ0) is 14.2. The highest BCUT2D eigenvalue weighted by Gasteiger charge is 2.42. The summed E-state index contributed by atoms with van der Waals surface area (Å²) in [5.74, 6) is 0.0108. The van der Waals surface area contributed by atoms with Crippen LogP contribution in [0.15, 0.2) is 24.3 Å². The van der Waals surface area contributed by atoms with Gasteiger partial charge in [-0.25, -0.2) is 0 Å². The second-order valence-corrected chi connectivity index (χ2v) is 5.98. The molecule has 0 radical (unpaired) electrons. The molecule has 1 aromatic carbocycles. The predicted octanol–water partition coefficient (Wildman–Crippen LogP) is 1.64. The fraction of sp³-hybridized carbons (Fsp3) is 0.562. The van der Waals surface area contributed by atoms with E-state index in [2.05, 4.69) is 18.2 Å². The monoisotopic (exact) mass is 274 g/mol. The van der Waals surface area contributed by atoms with E-state index in [0.29, 0.717) is 19.6 Å². The van der Waals surface area contributed by atoms with E-state index in [-0.39, 0.29) is 11.9 Å². The lowest BCUT2D eigenvalue weighted by Crippen LogP contribution is -2.55. The van der Waals surface area contributed by atoms with Crippen LogP contribution in [0.3, 0.4) is 0 Å². The molecule has 1 saturated heterocycles. The summed E-state index contributed by atoms with van der Waals surface area (Å²) in [5.41, 5.74) is 8.02. The standard InChI is InChI=1S/C16H22N2O2/c1-18(15(19)16(17)9-10-20-11-16)14-8-4-6-12-5-2-3-7-13(12)14/h2-3,5,7,14H,4,6,8-11,17H2,1H3. The van der Waals surface area contributed by atoms with Gasteiger partial charge in [-0.15, -0.1) is 0 Å². The number of rotatable bonds is 2. The summed E-state index contributed by atoms with van der Waals surface area (Å²) in [5, 5.41) is 0. The van der Waals surface area contributed by atoms with Crippen molar-refractivity contribution in [3.05, 3.63) is 35.4 Å². The summed E-state index contributed by atoms with van der Waals surface area (Å²) in [7, 11) is 1.88. The first-order chi connectivity index (χ1) is 9.62. The van der Waals surface area contributed by atoms with E-state index in [4.69, 9.17) is 10.5 Å². The molecule has 1 fully saturated rings. The second kappa shape index (κ2) is 5.19. The van der Waals surface area contributed by atoms with Gasteiger partial charge in [-0.3, -0.25) is 4.79 Å². The summed E-state index contributed by atoms with van der Waals surface area (Å²) in [4.78, 5) is 14.5. The van der Waals surface area contributed by atoms with E-state index in [1.807, 2.05) is 18.0 Å². The van der Waals surface area contributed by atoms with Crippen LogP contribution in [0.25, 0.3) is 0 Å². The van der Waals surface area contributed by atoms with Gasteiger partial charge in [0.05, 0.1) is 12.6 Å². The molecule has 1 aliphatic carbocycles. The van der Waals surface area contributed by atoms with E-state index in [9.17, 15) is 4.79 Å². The van der Waals surface area contributed by atoms with Crippen LogP contribution in [0.2, 0.25) is 0 Å². The maximum atomic E-state index is 12.7. The van der Waals surface area contributed by atoms with Crippen molar-refractivity contribution in [1.82, 2.24) is 4.90 Å². The number of amides is 1. The Labute approximate surface area is 119 Å². The number of aryl methyl sites for hydroxylation is 1. The fourth-order valence-corrected chi connectivity index (χ4v) is 3.37. The number of benzene rings is 1. The third-order valence-corrected chi connectivity index (χ3v) is 4.60. The lowest BCUT2D eigenvalue weighted by atomic mass is 9.86. The number of ether oxygens (including phenoxy) is 1. The molecular weight excluding hydrogens is 252 g/mol. The van der Waals surface area contributed by atoms with Gasteiger partial charge in [-0.05, 0) is 36.8 Å². The summed E-state index contributed by atoms with van der Waals surface area (Å²) in [6.45, 7) is 0.919. The highest BCUT2D eigenvalue weighted by Crippen LogP contribution is 2.35. The Bertz CT molecular complexity index is 509. The molecule has 20 heavy (non-hydrogen) atoms. The molecule has 1 aliphatic heterocycles. The molecule has 2 N–H and O–H groups in total. The molecule has 0 saturated carbocycles. The third kappa shape index (κ3) is 2.23. The van der Waals surface area contributed by atoms with Crippen molar-refractivity contribution in [3.8, 4) is 0 Å². The first kappa shape index (κ1) is 13.6. The van der Waals surface area contributed by atoms with E-state index >= 15 is 0 Å². The van der Waals surface area contributed by atoms with Crippen LogP contribution in [0.1, 0.15) is 36.4 Å². The molecule has 2 aliphatic rings. The first-order valence-corrected chi connectivity index (χ1v) is 7.33. The molecule has 3 rings (SSSR count). The molecule has 2 atom stereocenters. The average Bonchev–Trinajstić information content (AvgIpc) is 2.93. The number of nitrogens with two attached hydrogens (primary N) is 1. The zero-order valence-corrected chi connectivity index (χ0v) is 12.0. The number of hydrogen-bond acceptors (Lipinski definition) is 3. The largest absolute Gasteiger partial charge is 0.379 e. The van der Waals surface area contributed by atoms with Crippen LogP contribution in [0.4, 0.5) is 0 Å². The van der Waals surface area contributed by atoms with E-state index < -0.39 is 5.54 Å². The number of carbonyl (C=O) groups excluding carboxylic acids is 1. The Hall–Kier alpha value is -1.39. The zero-order valence-electron chi connectivity index (χ0n) is 12.0. The van der Waals surface area contributed by atoms with Gasteiger partial charge in [-0.2, -0.15) is 0 Å². The highest BCUT2D eigenvalue weighted by atomic mass is 16.5. The van der Waals surface area contributed by atoms with Crippen molar-refractivity contribution in [1.29, 1.82) is 0 Å². The molecule has 4 heteroatoms. The average molecular weight is 274 g/mol. The van der Waals surface area contributed by atoms with Gasteiger partial charge >= 0.3 is 0 Å². The van der Waals surface area contributed by atoms with Crippen molar-refractivity contribution in [3.63, 3.8) is 0 Å². The minimum atomic E-state index is -0.832. The maximum absolute atomic E-state index is 12.7. The molecule has 108 valence electrons. The molecule has 2 unspecified atom stereocenters. The normalized spacial score (nSPS) is 29.0. The maximum Gasteiger partial charge on any atom is 0.245 e. The molecular formula is C16H22N2O2. The van der Waals surface area contributed by atoms with Gasteiger partial charge in [-0.1, -0.05) is 24.3 Å². The minimum absolute atomic E-state index is 0.0108. The van der Waals surface area contributed by atoms with Crippen LogP contribution in [-0.4, -0.2) is 36.6 Å². The van der Waals surface area contributed by atoms with E-state index in [1.165, 1.54) is 11.1 Å². The minimum Gasteiger partial charge on any atom is -0.379 e. The lowest BCUT2D eigenvalue weighted by molar-refractivity contribution is -0.138. The lowest BCUT2D eigenvalue weighted by Gasteiger charge is -2.37. The third-order valence-electron chi connectivity index (χ3n) is 4.60. The van der Waals surface area contributed by atoms with Gasteiger partial charge in [0.15, 0.2) is 0 Å². The van der Waals surface area contributed by atoms with Gasteiger partial charge in [0, 0.05) is 13.7 Å². The van der Waals surface area contributed by atoms with Crippen LogP contribution in [0.5, 0.6) is 0 Å². The Morgan fingerprint density at radius 2 is 2.25 bits per heavy atom. The Morgan fingerprint density at radius 1 is 1.45 bits per heavy atom. The first-order valence-electron chi connectivity index (χ1n) is 7.33. The second-order valence-electron chi connectivity index (χ2n) is 5.98. The van der Waals surface area contributed by atoms with Crippen molar-refractivity contribution < 1.29 is 9.53 Å². The van der Waals surface area contributed by atoms with E-state index in [1.54, 1.807) is 0 Å². The predicted molar refractivity (Wildman–Crippen MR) is 77.2 cm³/mol. The number of hydrogen-bond donors (Lipinski definition) is 1. The summed E-state index contributed by atoms with van der Waals surface area (Å²) < 4.78 is 5.32. The van der Waals surface area contributed by atoms with Gasteiger partial charge < -0.3 is 15.4 Å². The molecule has 0 bridgehead atoms. The Morgan fingerprint density at radius 3 is 3.00 bits per heavy atom. The van der Waals surface area contributed by atoms with Crippen LogP contribution in [0, 0.1) is 0 Å². The van der Waals surface area contributed by atoms with Crippen molar-refractivity contribution in [2.24, 2.45) is 5.73 Å². The van der Waals surface area contributed by atoms with Gasteiger partial charge in [0.25, 0.3) is 0 Å². The van der Waals surface area contributed by atoms with Crippen molar-refractivity contribution >= 4 is 5.91 Å². The summed E-state index contributed by atoms with van der Waals surface area (Å²) in [6.07, 6.45) is 3.85. The molecule has 1 aromatic rings. The van der Waals surface area contributed by atoms with Crippen LogP contribution in [-0.2, 0) is 16.0 Å². The quantitative estimate of drug-likeness (QED) is 0.892. The molecule has 1 heterocycles. The van der Waals surface area contributed by atoms with E-state index in [0.717, 1.165) is 19.3 Å². The summed E-state index contributed by atoms with van der Waals surface area (Å²) in [6, 6.07) is 8.56. The fourth-order valence-electron chi connectivity index (χ4n) is 3.37. The van der Waals surface area contributed by atoms with Gasteiger partial charge in [0.2, 0.25) is 5.91 Å². The molecule has 4 nitrogen and oxygen atoms in total. The smallest absolute Gasteiger partial charge is 0.245 e. The van der Waals surface area contributed by atoms with Crippen molar-refractivity contribution in [2.75, 3.05) is 20.3 Å². The number of nitrogens with zero attached hydrogens (tertiary/aromatic N) is 1. The Kier molecular flexibility index (Phi) is 3.52. The molecule has 0 aromatic heterocycles. The van der Waals surface area contributed by atoms with Gasteiger partial charge in [0.1, 0.15) is 5.54 Å². The SMILES string of the molecule is CN(C(=O)C1(N)CCOC1)C1CCCc2ccccc21. The number of fused-ring (bicyclic) bond motifs is 1. The van der Waals surface area contributed by atoms with Crippen molar-refractivity contribution in [2.45, 2.75) is 37.3 Å². The summed E-state index contributed by atoms with van der Waals surface area (Å²) >= 11 is 0. The molecule has 1 amide bonds. The van der Waals surface area contributed by atoms with Crippen LogP contribution < -0.4 is 5.73 Å². The topological polar surface area (TPSA) is 55.6 Å². The van der Waals surface area contributed by atoms with Crippen LogP contribution >= 0.6 is 0 Å². The Balaban J connectivity index is 1.84. The number of carbonyl (C=O) groups is 1.